The first kappa shape index (κ1) is 16.8. The van der Waals surface area contributed by atoms with Gasteiger partial charge in [0.15, 0.2) is 0 Å². The summed E-state index contributed by atoms with van der Waals surface area (Å²) in [6.07, 6.45) is 3.05. The fourth-order valence-electron chi connectivity index (χ4n) is 3.08. The molecule has 0 spiro atoms. The van der Waals surface area contributed by atoms with Crippen LogP contribution in [0.4, 0.5) is 26.4 Å². The molecule has 0 unspecified atom stereocenters. The predicted molar refractivity (Wildman–Crippen MR) is 115 cm³/mol. The lowest BCUT2D eigenvalue weighted by atomic mass is 10.2. The van der Waals surface area contributed by atoms with E-state index in [-0.39, 0.29) is 11.5 Å². The number of halogens is 1. The van der Waals surface area contributed by atoms with Crippen molar-refractivity contribution >= 4 is 34.1 Å². The number of hydrogen-bond donors (Lipinski definition) is 3. The molecule has 0 aliphatic carbocycles. The highest BCUT2D eigenvalue weighted by atomic mass is 19.1. The van der Waals surface area contributed by atoms with Crippen molar-refractivity contribution in [2.45, 2.75) is 6.50 Å². The van der Waals surface area contributed by atoms with E-state index in [1.54, 1.807) is 36.5 Å². The molecule has 4 rings (SSSR count). The van der Waals surface area contributed by atoms with Crippen LogP contribution in [0.15, 0.2) is 67.0 Å². The third kappa shape index (κ3) is 4.02. The lowest BCUT2D eigenvalue weighted by Gasteiger charge is -2.12. The summed E-state index contributed by atoms with van der Waals surface area (Å²) in [5.74, 6) is 0.0182. The van der Waals surface area contributed by atoms with Gasteiger partial charge in [0.2, 0.25) is 0 Å². The van der Waals surface area contributed by atoms with Gasteiger partial charge in [-0.15, -0.1) is 0 Å². The number of hydrogen-bond acceptors (Lipinski definition) is 4. The van der Waals surface area contributed by atoms with Crippen LogP contribution >= 0.6 is 0 Å². The first-order valence-corrected chi connectivity index (χ1v) is 9.03. The Bertz CT molecular complexity index is 1310. The zero-order valence-electron chi connectivity index (χ0n) is 18.0. The van der Waals surface area contributed by atoms with E-state index in [0.29, 0.717) is 27.9 Å². The highest BCUT2D eigenvalue weighted by molar-refractivity contribution is 6.06. The van der Waals surface area contributed by atoms with Gasteiger partial charge in [-0.1, -0.05) is 6.07 Å². The Balaban J connectivity index is 1.64. The van der Waals surface area contributed by atoms with Crippen molar-refractivity contribution in [2.24, 2.45) is 0 Å². The summed E-state index contributed by atoms with van der Waals surface area (Å²) < 4.78 is 37.4. The molecule has 0 atom stereocenters. The fraction of sp³-hybridized carbons (Fsp3) is 0.0909. The zero-order valence-corrected chi connectivity index (χ0v) is 16.0. The van der Waals surface area contributed by atoms with E-state index in [1.807, 2.05) is 0 Å². The summed E-state index contributed by atoms with van der Waals surface area (Å²) in [4.78, 5) is 16.5. The number of carbonyl (C=O) groups excluding carboxylic acids is 1. The number of nitrogen functional groups attached to an aromatic ring is 1. The lowest BCUT2D eigenvalue weighted by Crippen LogP contribution is -2.20. The van der Waals surface area contributed by atoms with Crippen molar-refractivity contribution in [1.29, 1.82) is 0 Å². The number of nitrogens with two attached hydrogens (primary N) is 1. The molecule has 0 bridgehead atoms. The first-order valence-electron chi connectivity index (χ1n) is 10.0. The summed E-state index contributed by atoms with van der Waals surface area (Å²) in [6.45, 7) is -1.91. The second kappa shape index (κ2) is 8.12. The number of rotatable bonds is 5. The molecule has 4 aromatic rings. The molecule has 0 aliphatic rings. The fourth-order valence-corrected chi connectivity index (χ4v) is 3.08. The second-order valence-corrected chi connectivity index (χ2v) is 6.43. The summed E-state index contributed by atoms with van der Waals surface area (Å²) in [5, 5.41) is 5.92. The maximum absolute atomic E-state index is 13.6. The molecule has 4 N–H and O–H groups in total. The molecule has 2 aromatic carbocycles. The number of aromatic nitrogens is 2. The Morgan fingerprint density at radius 3 is 2.83 bits per heavy atom. The first-order chi connectivity index (χ1) is 15.3. The van der Waals surface area contributed by atoms with E-state index in [9.17, 15) is 9.18 Å². The molecule has 2 amide bonds. The Morgan fingerprint density at radius 2 is 2.03 bits per heavy atom. The van der Waals surface area contributed by atoms with Crippen LogP contribution in [-0.4, -0.2) is 22.7 Å². The van der Waals surface area contributed by atoms with E-state index in [2.05, 4.69) is 15.6 Å². The van der Waals surface area contributed by atoms with Gasteiger partial charge in [-0.2, -0.15) is 0 Å². The van der Waals surface area contributed by atoms with Gasteiger partial charge in [-0.05, 0) is 48.0 Å². The van der Waals surface area contributed by atoms with Crippen molar-refractivity contribution < 1.29 is 16.7 Å². The lowest BCUT2D eigenvalue weighted by molar-refractivity contribution is 0.262. The number of methoxy groups -OCH3 is 1. The maximum atomic E-state index is 13.6. The smallest absolute Gasteiger partial charge is 0.323 e. The zero-order chi connectivity index (χ0) is 22.9. The summed E-state index contributed by atoms with van der Waals surface area (Å²) >= 11 is 0. The average Bonchev–Trinajstić information content (AvgIpc) is 3.20. The minimum Gasteiger partial charge on any atom is -0.495 e. The summed E-state index contributed by atoms with van der Waals surface area (Å²) in [6, 6.07) is 13.1. The van der Waals surface area contributed by atoms with Crippen molar-refractivity contribution in [2.75, 3.05) is 23.5 Å². The molecule has 2 aromatic heterocycles. The van der Waals surface area contributed by atoms with Gasteiger partial charge >= 0.3 is 6.03 Å². The van der Waals surface area contributed by atoms with Crippen LogP contribution in [0.1, 0.15) is 8.30 Å². The second-order valence-electron chi connectivity index (χ2n) is 6.43. The van der Waals surface area contributed by atoms with Crippen LogP contribution in [0, 0.1) is 5.82 Å². The minimum atomic E-state index is -1.91. The van der Waals surface area contributed by atoms with Gasteiger partial charge in [0.1, 0.15) is 17.4 Å². The number of pyridine rings is 1. The Kier molecular flexibility index (Phi) is 4.56. The van der Waals surface area contributed by atoms with Crippen molar-refractivity contribution in [3.63, 3.8) is 0 Å². The van der Waals surface area contributed by atoms with Gasteiger partial charge in [-0.25, -0.2) is 14.2 Å². The maximum Gasteiger partial charge on any atom is 0.323 e. The number of fused-ring (bicyclic) bond motifs is 1. The minimum absolute atomic E-state index is 0.182. The normalized spacial score (nSPS) is 12.2. The molecule has 152 valence electrons. The molecule has 0 saturated carbocycles. The monoisotopic (exact) mass is 407 g/mol. The average molecular weight is 407 g/mol. The third-order valence-electron chi connectivity index (χ3n) is 4.42. The molecule has 0 aliphatic heterocycles. The van der Waals surface area contributed by atoms with Crippen LogP contribution in [0.25, 0.3) is 10.9 Å². The Labute approximate surface area is 175 Å². The van der Waals surface area contributed by atoms with Gasteiger partial charge in [0.05, 0.1) is 26.7 Å². The predicted octanol–water partition coefficient (Wildman–Crippen LogP) is 4.46. The summed E-state index contributed by atoms with van der Waals surface area (Å²) in [5.41, 5.74) is 7.26. The molecular weight excluding hydrogens is 385 g/mol. The van der Waals surface area contributed by atoms with Crippen molar-refractivity contribution in [1.82, 2.24) is 9.55 Å². The number of nitrogens with zero attached hydrogens (tertiary/aromatic N) is 2. The molecule has 0 fully saturated rings. The molecule has 8 heteroatoms. The van der Waals surface area contributed by atoms with Crippen molar-refractivity contribution in [3.05, 3.63) is 78.4 Å². The molecule has 30 heavy (non-hydrogen) atoms. The number of anilines is 3. The Morgan fingerprint density at radius 1 is 1.20 bits per heavy atom. The van der Waals surface area contributed by atoms with Crippen molar-refractivity contribution in [3.8, 4) is 5.75 Å². The number of ether oxygens (including phenoxy) is 1. The standard InChI is InChI=1S/C22H20FN5O2/c1-30-20-6-5-15(23)12-18(20)27-22(29)26-17-3-2-4-19-16(17)8-10-28(19)13-14-7-9-25-21(24)11-14/h2-12H,13H2,1H3,(H2,24,25)(H2,26,27,29)/i13D2. The molecule has 0 radical (unpaired) electrons. The molecular formula is C22H20FN5O2. The number of nitrogens with one attached hydrogen (secondary N) is 2. The topological polar surface area (TPSA) is 94.2 Å². The van der Waals surface area contributed by atoms with Gasteiger partial charge in [0, 0.05) is 30.3 Å². The van der Waals surface area contributed by atoms with Crippen LogP contribution in [0.5, 0.6) is 5.75 Å². The van der Waals surface area contributed by atoms with E-state index < -0.39 is 18.3 Å². The van der Waals surface area contributed by atoms with Gasteiger partial charge in [0.25, 0.3) is 0 Å². The molecule has 0 saturated heterocycles. The SMILES string of the molecule is [2H]C([2H])(c1ccnc(N)c1)n1ccc2c(NC(=O)Nc3cc(F)ccc3OC)cccc21. The van der Waals surface area contributed by atoms with E-state index in [0.717, 1.165) is 6.07 Å². The number of amides is 2. The van der Waals surface area contributed by atoms with Crippen LogP contribution in [0.3, 0.4) is 0 Å². The highest BCUT2D eigenvalue weighted by Crippen LogP contribution is 2.27. The highest BCUT2D eigenvalue weighted by Gasteiger charge is 2.12. The quantitative estimate of drug-likeness (QED) is 0.455. The van der Waals surface area contributed by atoms with Crippen LogP contribution in [-0.2, 0) is 6.50 Å². The van der Waals surface area contributed by atoms with Crippen LogP contribution < -0.4 is 21.1 Å². The summed E-state index contributed by atoms with van der Waals surface area (Å²) in [7, 11) is 1.42. The van der Waals surface area contributed by atoms with E-state index >= 15 is 0 Å². The van der Waals surface area contributed by atoms with Gasteiger partial charge in [-0.3, -0.25) is 0 Å². The van der Waals surface area contributed by atoms with Gasteiger partial charge < -0.3 is 25.7 Å². The van der Waals surface area contributed by atoms with Crippen LogP contribution in [0.2, 0.25) is 0 Å². The van der Waals surface area contributed by atoms with E-state index in [1.165, 1.54) is 36.1 Å². The molecule has 2 heterocycles. The number of urea groups is 1. The third-order valence-corrected chi connectivity index (χ3v) is 4.42. The van der Waals surface area contributed by atoms with E-state index in [4.69, 9.17) is 13.2 Å². The molecule has 7 nitrogen and oxygen atoms in total. The largest absolute Gasteiger partial charge is 0.495 e. The number of benzene rings is 2. The Hall–Kier alpha value is -4.07. The number of carbonyl (C=O) groups is 1.